The van der Waals surface area contributed by atoms with Gasteiger partial charge in [0.2, 0.25) is 5.91 Å². The van der Waals surface area contributed by atoms with Crippen molar-refractivity contribution in [2.24, 2.45) is 17.4 Å². The number of hydrogen-bond donors (Lipinski definition) is 2. The summed E-state index contributed by atoms with van der Waals surface area (Å²) in [6, 6.07) is -0.508. The van der Waals surface area contributed by atoms with Crippen LogP contribution in [-0.2, 0) is 9.59 Å². The molecule has 5 heteroatoms. The summed E-state index contributed by atoms with van der Waals surface area (Å²) in [4.78, 5) is 21.8. The maximum absolute atomic E-state index is 11.1. The molecule has 4 N–H and O–H groups in total. The van der Waals surface area contributed by atoms with Gasteiger partial charge in [0.15, 0.2) is 5.78 Å². The monoisotopic (exact) mass is 174 g/mol. The number of carbonyl (C=O) groups excluding carboxylic acids is 2. The quantitative estimate of drug-likeness (QED) is 0.485. The van der Waals surface area contributed by atoms with Crippen LogP contribution in [0.1, 0.15) is 0 Å². The Bertz CT molecular complexity index is 195. The van der Waals surface area contributed by atoms with Crippen molar-refractivity contribution in [2.75, 3.05) is 11.5 Å². The maximum atomic E-state index is 11.1. The summed E-state index contributed by atoms with van der Waals surface area (Å²) in [5, 5.41) is 0. The van der Waals surface area contributed by atoms with Crippen LogP contribution in [0, 0.1) is 5.92 Å². The van der Waals surface area contributed by atoms with Gasteiger partial charge in [-0.15, -0.1) is 0 Å². The van der Waals surface area contributed by atoms with E-state index in [1.165, 1.54) is 11.8 Å². The minimum atomic E-state index is -0.663. The van der Waals surface area contributed by atoms with Gasteiger partial charge >= 0.3 is 0 Å². The first kappa shape index (κ1) is 8.55. The molecule has 0 bridgehead atoms. The lowest BCUT2D eigenvalue weighted by molar-refractivity contribution is -0.131. The fraction of sp³-hybridized carbons (Fsp3) is 0.667. The van der Waals surface area contributed by atoms with Crippen molar-refractivity contribution in [1.29, 1.82) is 0 Å². The smallest absolute Gasteiger partial charge is 0.228 e. The Kier molecular flexibility index (Phi) is 2.51. The standard InChI is InChI=1S/C6H10N2O2S/c7-4-2-11-1-3(5(4)9)6(8)10/h3-4H,1-2,7H2,(H2,8,10). The summed E-state index contributed by atoms with van der Waals surface area (Å²) in [5.41, 5.74) is 10.4. The second kappa shape index (κ2) is 3.23. The molecular weight excluding hydrogens is 164 g/mol. The second-order valence-corrected chi connectivity index (χ2v) is 3.58. The molecule has 0 radical (unpaired) electrons. The third-order valence-electron chi connectivity index (χ3n) is 1.63. The molecule has 1 rings (SSSR count). The summed E-state index contributed by atoms with van der Waals surface area (Å²) >= 11 is 1.50. The Labute approximate surface area is 68.7 Å². The van der Waals surface area contributed by atoms with E-state index in [0.29, 0.717) is 11.5 Å². The van der Waals surface area contributed by atoms with E-state index >= 15 is 0 Å². The lowest BCUT2D eigenvalue weighted by atomic mass is 10.0. The number of ketones is 1. The zero-order valence-electron chi connectivity index (χ0n) is 5.95. The van der Waals surface area contributed by atoms with E-state index in [2.05, 4.69) is 0 Å². The van der Waals surface area contributed by atoms with Crippen molar-refractivity contribution in [2.45, 2.75) is 6.04 Å². The molecule has 0 saturated carbocycles. The van der Waals surface area contributed by atoms with Gasteiger partial charge in [-0.2, -0.15) is 11.8 Å². The molecule has 0 spiro atoms. The normalized spacial score (nSPS) is 31.9. The Balaban J connectivity index is 2.66. The van der Waals surface area contributed by atoms with E-state index in [9.17, 15) is 9.59 Å². The van der Waals surface area contributed by atoms with E-state index in [1.54, 1.807) is 0 Å². The van der Waals surface area contributed by atoms with Gasteiger partial charge in [0.25, 0.3) is 0 Å². The summed E-state index contributed by atoms with van der Waals surface area (Å²) < 4.78 is 0. The Morgan fingerprint density at radius 2 is 2.18 bits per heavy atom. The first-order chi connectivity index (χ1) is 5.13. The molecule has 0 aromatic heterocycles. The predicted molar refractivity (Wildman–Crippen MR) is 43.0 cm³/mol. The molecule has 2 atom stereocenters. The average Bonchev–Trinajstić information content (AvgIpc) is 1.94. The van der Waals surface area contributed by atoms with Crippen LogP contribution in [0.25, 0.3) is 0 Å². The highest BCUT2D eigenvalue weighted by Crippen LogP contribution is 2.18. The Morgan fingerprint density at radius 3 is 2.64 bits per heavy atom. The molecule has 1 fully saturated rings. The molecule has 1 aliphatic rings. The molecular formula is C6H10N2O2S. The van der Waals surface area contributed by atoms with Crippen molar-refractivity contribution in [3.8, 4) is 0 Å². The maximum Gasteiger partial charge on any atom is 0.228 e. The van der Waals surface area contributed by atoms with Crippen LogP contribution in [0.15, 0.2) is 0 Å². The lowest BCUT2D eigenvalue weighted by Gasteiger charge is -2.22. The van der Waals surface area contributed by atoms with Crippen molar-refractivity contribution >= 4 is 23.5 Å². The first-order valence-electron chi connectivity index (χ1n) is 3.29. The van der Waals surface area contributed by atoms with Crippen LogP contribution >= 0.6 is 11.8 Å². The van der Waals surface area contributed by atoms with E-state index in [0.717, 1.165) is 0 Å². The van der Waals surface area contributed by atoms with E-state index in [1.807, 2.05) is 0 Å². The topological polar surface area (TPSA) is 86.2 Å². The van der Waals surface area contributed by atoms with Crippen LogP contribution in [0.4, 0.5) is 0 Å². The first-order valence-corrected chi connectivity index (χ1v) is 4.44. The SMILES string of the molecule is NC(=O)C1CSCC(N)C1=O. The largest absolute Gasteiger partial charge is 0.369 e. The number of nitrogens with two attached hydrogens (primary N) is 2. The van der Waals surface area contributed by atoms with Crippen molar-refractivity contribution in [3.63, 3.8) is 0 Å². The molecule has 0 aliphatic carbocycles. The van der Waals surface area contributed by atoms with Crippen molar-refractivity contribution < 1.29 is 9.59 Å². The number of primary amides is 1. The zero-order chi connectivity index (χ0) is 8.43. The van der Waals surface area contributed by atoms with Crippen molar-refractivity contribution in [1.82, 2.24) is 0 Å². The van der Waals surface area contributed by atoms with Crippen LogP contribution in [0.5, 0.6) is 0 Å². The van der Waals surface area contributed by atoms with E-state index in [-0.39, 0.29) is 5.78 Å². The minimum absolute atomic E-state index is 0.212. The Hall–Kier alpha value is -0.550. The van der Waals surface area contributed by atoms with Gasteiger partial charge < -0.3 is 11.5 Å². The van der Waals surface area contributed by atoms with Gasteiger partial charge in [0, 0.05) is 11.5 Å². The highest BCUT2D eigenvalue weighted by Gasteiger charge is 2.32. The number of thioether (sulfide) groups is 1. The third kappa shape index (κ3) is 1.72. The summed E-state index contributed by atoms with van der Waals surface area (Å²) in [7, 11) is 0. The summed E-state index contributed by atoms with van der Waals surface area (Å²) in [6.07, 6.45) is 0. The van der Waals surface area contributed by atoms with Crippen molar-refractivity contribution in [3.05, 3.63) is 0 Å². The fourth-order valence-electron chi connectivity index (χ4n) is 0.958. The molecule has 11 heavy (non-hydrogen) atoms. The van der Waals surface area contributed by atoms with Crippen LogP contribution in [-0.4, -0.2) is 29.2 Å². The average molecular weight is 174 g/mol. The third-order valence-corrected chi connectivity index (χ3v) is 2.80. The fourth-order valence-corrected chi connectivity index (χ4v) is 2.08. The number of hydrogen-bond acceptors (Lipinski definition) is 4. The molecule has 2 unspecified atom stereocenters. The number of carbonyl (C=O) groups is 2. The number of rotatable bonds is 1. The molecule has 4 nitrogen and oxygen atoms in total. The zero-order valence-corrected chi connectivity index (χ0v) is 6.76. The van der Waals surface area contributed by atoms with Gasteiger partial charge in [0.1, 0.15) is 5.92 Å². The van der Waals surface area contributed by atoms with Crippen LogP contribution < -0.4 is 11.5 Å². The number of amides is 1. The highest BCUT2D eigenvalue weighted by molar-refractivity contribution is 7.99. The van der Waals surface area contributed by atoms with Gasteiger partial charge in [-0.25, -0.2) is 0 Å². The highest BCUT2D eigenvalue weighted by atomic mass is 32.2. The van der Waals surface area contributed by atoms with Gasteiger partial charge in [-0.05, 0) is 0 Å². The Morgan fingerprint density at radius 1 is 1.55 bits per heavy atom. The molecule has 0 aromatic rings. The predicted octanol–water partition coefficient (Wildman–Crippen LogP) is -1.27. The molecule has 1 amide bonds. The van der Waals surface area contributed by atoms with E-state index < -0.39 is 17.9 Å². The molecule has 1 aliphatic heterocycles. The van der Waals surface area contributed by atoms with Crippen LogP contribution in [0.2, 0.25) is 0 Å². The number of Topliss-reactive ketones (excluding diaryl/α,β-unsaturated/α-hetero) is 1. The lowest BCUT2D eigenvalue weighted by Crippen LogP contribution is -2.47. The van der Waals surface area contributed by atoms with Crippen LogP contribution in [0.3, 0.4) is 0 Å². The van der Waals surface area contributed by atoms with E-state index in [4.69, 9.17) is 11.5 Å². The summed E-state index contributed by atoms with van der Waals surface area (Å²) in [5.74, 6) is -0.345. The van der Waals surface area contributed by atoms with Gasteiger partial charge in [0.05, 0.1) is 6.04 Å². The minimum Gasteiger partial charge on any atom is -0.369 e. The summed E-state index contributed by atoms with van der Waals surface area (Å²) in [6.45, 7) is 0. The molecule has 62 valence electrons. The van der Waals surface area contributed by atoms with Gasteiger partial charge in [-0.1, -0.05) is 0 Å². The van der Waals surface area contributed by atoms with Gasteiger partial charge in [-0.3, -0.25) is 9.59 Å². The molecule has 1 saturated heterocycles. The molecule has 0 aromatic carbocycles. The molecule has 1 heterocycles. The second-order valence-electron chi connectivity index (χ2n) is 2.50.